The number of hydrogen-bond donors (Lipinski definition) is 2. The van der Waals surface area contributed by atoms with Gasteiger partial charge in [0.15, 0.2) is 0 Å². The van der Waals surface area contributed by atoms with Crippen LogP contribution in [0.15, 0.2) is 16.4 Å². The highest BCUT2D eigenvalue weighted by molar-refractivity contribution is 5.95. The summed E-state index contributed by atoms with van der Waals surface area (Å²) in [5, 5.41) is 2.92. The predicted molar refractivity (Wildman–Crippen MR) is 97.1 cm³/mol. The number of pyridine rings is 1. The van der Waals surface area contributed by atoms with Crippen molar-refractivity contribution >= 4 is 5.91 Å². The van der Waals surface area contributed by atoms with E-state index >= 15 is 0 Å². The maximum absolute atomic E-state index is 12.7. The fourth-order valence-electron chi connectivity index (χ4n) is 2.87. The van der Waals surface area contributed by atoms with E-state index in [0.717, 1.165) is 11.3 Å². The third kappa shape index (κ3) is 4.80. The Hall–Kier alpha value is -1.92. The molecule has 138 valence electrons. The number of aromatic amines is 1. The van der Waals surface area contributed by atoms with Crippen molar-refractivity contribution in [3.8, 4) is 0 Å². The Morgan fingerprint density at radius 2 is 2.04 bits per heavy atom. The maximum atomic E-state index is 12.7. The van der Waals surface area contributed by atoms with Crippen LogP contribution in [0.2, 0.25) is 0 Å². The van der Waals surface area contributed by atoms with Crippen molar-refractivity contribution in [3.05, 3.63) is 44.4 Å². The van der Waals surface area contributed by atoms with Crippen LogP contribution in [0.3, 0.4) is 0 Å². The van der Waals surface area contributed by atoms with Crippen LogP contribution in [0.5, 0.6) is 0 Å². The molecule has 1 aromatic heterocycles. The first-order valence-corrected chi connectivity index (χ1v) is 8.65. The van der Waals surface area contributed by atoms with Gasteiger partial charge in [-0.05, 0) is 52.2 Å². The molecule has 6 heteroatoms. The Bertz CT molecular complexity index is 717. The molecule has 1 aromatic rings. The van der Waals surface area contributed by atoms with E-state index in [1.807, 2.05) is 33.8 Å². The molecule has 2 N–H and O–H groups in total. The molecule has 0 aliphatic carbocycles. The summed E-state index contributed by atoms with van der Waals surface area (Å²) in [6, 6.07) is -0.271. The van der Waals surface area contributed by atoms with Gasteiger partial charge in [0.2, 0.25) is 0 Å². The molecule has 0 bridgehead atoms. The number of ether oxygens (including phenoxy) is 2. The number of nitrogens with one attached hydrogen (secondary N) is 2. The summed E-state index contributed by atoms with van der Waals surface area (Å²) in [5.74, 6) is -0.381. The molecule has 0 aromatic carbocycles. The molecule has 1 aliphatic rings. The first kappa shape index (κ1) is 19.4. The van der Waals surface area contributed by atoms with Crippen molar-refractivity contribution in [2.75, 3.05) is 19.8 Å². The fourth-order valence-corrected chi connectivity index (χ4v) is 2.87. The van der Waals surface area contributed by atoms with Crippen LogP contribution in [0.4, 0.5) is 0 Å². The number of amides is 1. The molecule has 1 amide bonds. The van der Waals surface area contributed by atoms with Gasteiger partial charge in [-0.1, -0.05) is 11.6 Å². The highest BCUT2D eigenvalue weighted by Gasteiger charge is 2.29. The molecule has 25 heavy (non-hydrogen) atoms. The van der Waals surface area contributed by atoms with Gasteiger partial charge in [0, 0.05) is 12.3 Å². The van der Waals surface area contributed by atoms with Crippen molar-refractivity contribution in [1.82, 2.24) is 10.3 Å². The second kappa shape index (κ2) is 8.45. The standard InChI is InChI=1S/C19H28N2O4/c1-11(2)6-9-25-16-7-8-24-10-15(16)21-19(23)17-13(4)12(3)14(5)20-18(17)22/h6,15-16H,7-10H2,1-5H3,(H,20,22)(H,21,23)/t15-,16+/m1/s1. The van der Waals surface area contributed by atoms with Gasteiger partial charge in [-0.25, -0.2) is 0 Å². The van der Waals surface area contributed by atoms with Gasteiger partial charge in [-0.2, -0.15) is 0 Å². The first-order chi connectivity index (χ1) is 11.8. The summed E-state index contributed by atoms with van der Waals surface area (Å²) in [7, 11) is 0. The minimum atomic E-state index is -0.381. The Balaban J connectivity index is 2.14. The number of aryl methyl sites for hydroxylation is 1. The van der Waals surface area contributed by atoms with Gasteiger partial charge in [-0.15, -0.1) is 0 Å². The molecule has 1 aliphatic heterocycles. The number of carbonyl (C=O) groups excluding carboxylic acids is 1. The van der Waals surface area contributed by atoms with Crippen LogP contribution in [0.25, 0.3) is 0 Å². The van der Waals surface area contributed by atoms with Crippen molar-refractivity contribution in [3.63, 3.8) is 0 Å². The summed E-state index contributed by atoms with van der Waals surface area (Å²) < 4.78 is 11.4. The molecule has 0 spiro atoms. The molecular formula is C19H28N2O4. The lowest BCUT2D eigenvalue weighted by Gasteiger charge is -2.32. The highest BCUT2D eigenvalue weighted by Crippen LogP contribution is 2.15. The number of allylic oxidation sites excluding steroid dienone is 1. The van der Waals surface area contributed by atoms with Crippen molar-refractivity contribution < 1.29 is 14.3 Å². The largest absolute Gasteiger partial charge is 0.379 e. The van der Waals surface area contributed by atoms with Gasteiger partial charge in [0.05, 0.1) is 25.4 Å². The van der Waals surface area contributed by atoms with E-state index in [2.05, 4.69) is 10.3 Å². The molecule has 0 unspecified atom stereocenters. The Kier molecular flexibility index (Phi) is 6.56. The van der Waals surface area contributed by atoms with Gasteiger partial charge in [0.1, 0.15) is 5.56 Å². The van der Waals surface area contributed by atoms with Crippen LogP contribution in [-0.4, -0.2) is 42.9 Å². The van der Waals surface area contributed by atoms with E-state index in [0.29, 0.717) is 31.8 Å². The lowest BCUT2D eigenvalue weighted by atomic mass is 10.0. The minimum absolute atomic E-state index is 0.126. The zero-order chi connectivity index (χ0) is 18.6. The fraction of sp³-hybridized carbons (Fsp3) is 0.579. The van der Waals surface area contributed by atoms with Crippen LogP contribution < -0.4 is 10.9 Å². The normalized spacial score (nSPS) is 20.2. The van der Waals surface area contributed by atoms with Crippen LogP contribution in [-0.2, 0) is 9.47 Å². The summed E-state index contributed by atoms with van der Waals surface area (Å²) in [6.45, 7) is 11.0. The summed E-state index contributed by atoms with van der Waals surface area (Å²) in [6.07, 6.45) is 2.59. The number of H-pyrrole nitrogens is 1. The van der Waals surface area contributed by atoms with E-state index < -0.39 is 0 Å². The zero-order valence-corrected chi connectivity index (χ0v) is 15.7. The lowest BCUT2D eigenvalue weighted by Crippen LogP contribution is -2.51. The number of aromatic nitrogens is 1. The monoisotopic (exact) mass is 348 g/mol. The zero-order valence-electron chi connectivity index (χ0n) is 15.7. The van der Waals surface area contributed by atoms with Gasteiger partial charge >= 0.3 is 0 Å². The van der Waals surface area contributed by atoms with E-state index in [4.69, 9.17) is 9.47 Å². The molecule has 2 heterocycles. The second-order valence-corrected chi connectivity index (χ2v) is 6.80. The molecular weight excluding hydrogens is 320 g/mol. The first-order valence-electron chi connectivity index (χ1n) is 8.65. The summed E-state index contributed by atoms with van der Waals surface area (Å²) in [5.41, 5.74) is 3.39. The lowest BCUT2D eigenvalue weighted by molar-refractivity contribution is -0.0457. The molecule has 1 fully saturated rings. The second-order valence-electron chi connectivity index (χ2n) is 6.80. The smallest absolute Gasteiger partial charge is 0.261 e. The molecule has 0 radical (unpaired) electrons. The van der Waals surface area contributed by atoms with E-state index in [1.165, 1.54) is 5.57 Å². The molecule has 2 atom stereocenters. The van der Waals surface area contributed by atoms with Crippen LogP contribution in [0, 0.1) is 20.8 Å². The van der Waals surface area contributed by atoms with Crippen LogP contribution >= 0.6 is 0 Å². The Morgan fingerprint density at radius 1 is 1.32 bits per heavy atom. The SMILES string of the molecule is CC(C)=CCO[C@H]1CCOC[C@H]1NC(=O)c1c(C)c(C)c(C)[nH]c1=O. The number of rotatable bonds is 5. The number of hydrogen-bond acceptors (Lipinski definition) is 4. The summed E-state index contributed by atoms with van der Waals surface area (Å²) in [4.78, 5) is 27.7. The average Bonchev–Trinajstić information content (AvgIpc) is 2.54. The Morgan fingerprint density at radius 3 is 2.72 bits per heavy atom. The van der Waals surface area contributed by atoms with Crippen molar-refractivity contribution in [2.24, 2.45) is 0 Å². The molecule has 2 rings (SSSR count). The molecule has 1 saturated heterocycles. The maximum Gasteiger partial charge on any atom is 0.261 e. The topological polar surface area (TPSA) is 80.4 Å². The minimum Gasteiger partial charge on any atom is -0.379 e. The van der Waals surface area contributed by atoms with Gasteiger partial charge in [0.25, 0.3) is 11.5 Å². The molecule has 6 nitrogen and oxygen atoms in total. The van der Waals surface area contributed by atoms with Crippen molar-refractivity contribution in [2.45, 2.75) is 53.2 Å². The third-order valence-electron chi connectivity index (χ3n) is 4.67. The van der Waals surface area contributed by atoms with Gasteiger partial charge < -0.3 is 19.8 Å². The van der Waals surface area contributed by atoms with Gasteiger partial charge in [-0.3, -0.25) is 9.59 Å². The molecule has 0 saturated carbocycles. The van der Waals surface area contributed by atoms with Crippen LogP contribution in [0.1, 0.15) is 47.4 Å². The third-order valence-corrected chi connectivity index (χ3v) is 4.67. The average molecular weight is 348 g/mol. The predicted octanol–water partition coefficient (Wildman–Crippen LogP) is 2.17. The van der Waals surface area contributed by atoms with E-state index in [9.17, 15) is 9.59 Å². The quantitative estimate of drug-likeness (QED) is 0.799. The highest BCUT2D eigenvalue weighted by atomic mass is 16.5. The van der Waals surface area contributed by atoms with Crippen molar-refractivity contribution in [1.29, 1.82) is 0 Å². The van der Waals surface area contributed by atoms with E-state index in [1.54, 1.807) is 6.92 Å². The summed E-state index contributed by atoms with van der Waals surface area (Å²) >= 11 is 0. The van der Waals surface area contributed by atoms with E-state index in [-0.39, 0.29) is 29.2 Å². The number of carbonyl (C=O) groups is 1. The Labute approximate surface area is 148 Å².